The fourth-order valence-corrected chi connectivity index (χ4v) is 3.57. The van der Waals surface area contributed by atoms with Gasteiger partial charge in [-0.2, -0.15) is 0 Å². The van der Waals surface area contributed by atoms with Crippen LogP contribution in [0, 0.1) is 5.92 Å². The number of aromatic nitrogens is 2. The van der Waals surface area contributed by atoms with Crippen LogP contribution >= 0.6 is 0 Å². The van der Waals surface area contributed by atoms with Gasteiger partial charge in [0.05, 0.1) is 16.6 Å². The molecular weight excluding hydrogens is 264 g/mol. The molecule has 4 nitrogen and oxygen atoms in total. The van der Waals surface area contributed by atoms with Crippen LogP contribution in [0.25, 0.3) is 11.0 Å². The number of carboxylic acid groups (broad SMARTS) is 1. The van der Waals surface area contributed by atoms with Gasteiger partial charge >= 0.3 is 5.97 Å². The van der Waals surface area contributed by atoms with E-state index in [2.05, 4.69) is 18.4 Å². The Morgan fingerprint density at radius 2 is 2.24 bits per heavy atom. The summed E-state index contributed by atoms with van der Waals surface area (Å²) in [6.45, 7) is 4.42. The lowest BCUT2D eigenvalue weighted by Crippen LogP contribution is -2.19. The van der Waals surface area contributed by atoms with Gasteiger partial charge < -0.3 is 9.67 Å². The summed E-state index contributed by atoms with van der Waals surface area (Å²) in [5.41, 5.74) is 2.23. The highest BCUT2D eigenvalue weighted by molar-refractivity contribution is 5.92. The SMILES string of the molecule is CCc1nc2ccc(C(=O)O)cc2n1C1CCCC(C)C1. The Morgan fingerprint density at radius 1 is 1.43 bits per heavy atom. The summed E-state index contributed by atoms with van der Waals surface area (Å²) < 4.78 is 2.30. The molecule has 0 saturated heterocycles. The van der Waals surface area contributed by atoms with E-state index in [4.69, 9.17) is 4.98 Å². The maximum Gasteiger partial charge on any atom is 0.335 e. The van der Waals surface area contributed by atoms with Crippen LogP contribution in [0.2, 0.25) is 0 Å². The molecule has 1 aliphatic rings. The summed E-state index contributed by atoms with van der Waals surface area (Å²) in [6.07, 6.45) is 5.75. The van der Waals surface area contributed by atoms with Crippen molar-refractivity contribution in [1.29, 1.82) is 0 Å². The Bertz CT molecular complexity index is 675. The number of fused-ring (bicyclic) bond motifs is 1. The topological polar surface area (TPSA) is 55.1 Å². The molecule has 1 N–H and O–H groups in total. The third-order valence-corrected chi connectivity index (χ3v) is 4.60. The Morgan fingerprint density at radius 3 is 2.90 bits per heavy atom. The summed E-state index contributed by atoms with van der Waals surface area (Å²) in [5, 5.41) is 9.22. The minimum atomic E-state index is -0.875. The third-order valence-electron chi connectivity index (χ3n) is 4.60. The second kappa shape index (κ2) is 5.51. The van der Waals surface area contributed by atoms with Crippen molar-refractivity contribution in [3.63, 3.8) is 0 Å². The number of benzene rings is 1. The van der Waals surface area contributed by atoms with Crippen LogP contribution in [0.15, 0.2) is 18.2 Å². The van der Waals surface area contributed by atoms with Crippen molar-refractivity contribution >= 4 is 17.0 Å². The molecule has 0 amide bonds. The summed E-state index contributed by atoms with van der Waals surface area (Å²) in [4.78, 5) is 15.9. The molecule has 3 rings (SSSR count). The predicted molar refractivity (Wildman–Crippen MR) is 82.7 cm³/mol. The lowest BCUT2D eigenvalue weighted by molar-refractivity contribution is 0.0697. The molecule has 1 aromatic carbocycles. The van der Waals surface area contributed by atoms with Crippen LogP contribution in [0.5, 0.6) is 0 Å². The van der Waals surface area contributed by atoms with Gasteiger partial charge in [-0.25, -0.2) is 9.78 Å². The third kappa shape index (κ3) is 2.55. The molecule has 0 bridgehead atoms. The molecule has 0 spiro atoms. The monoisotopic (exact) mass is 286 g/mol. The Kier molecular flexibility index (Phi) is 3.70. The van der Waals surface area contributed by atoms with Gasteiger partial charge in [0.1, 0.15) is 5.82 Å². The van der Waals surface area contributed by atoms with Gasteiger partial charge in [-0.15, -0.1) is 0 Å². The molecule has 2 unspecified atom stereocenters. The zero-order valence-electron chi connectivity index (χ0n) is 12.7. The fraction of sp³-hybridized carbons (Fsp3) is 0.529. The van der Waals surface area contributed by atoms with Crippen molar-refractivity contribution in [3.8, 4) is 0 Å². The van der Waals surface area contributed by atoms with Crippen LogP contribution in [0.1, 0.15) is 61.8 Å². The minimum Gasteiger partial charge on any atom is -0.478 e. The van der Waals surface area contributed by atoms with E-state index in [1.165, 1.54) is 19.3 Å². The molecule has 1 aromatic heterocycles. The van der Waals surface area contributed by atoms with Gasteiger partial charge in [-0.3, -0.25) is 0 Å². The normalized spacial score (nSPS) is 22.6. The number of carbonyl (C=O) groups is 1. The van der Waals surface area contributed by atoms with Crippen molar-refractivity contribution in [2.45, 2.75) is 52.0 Å². The van der Waals surface area contributed by atoms with Crippen molar-refractivity contribution in [2.24, 2.45) is 5.92 Å². The van der Waals surface area contributed by atoms with E-state index in [9.17, 15) is 9.90 Å². The molecule has 1 fully saturated rings. The van der Waals surface area contributed by atoms with E-state index in [1.54, 1.807) is 12.1 Å². The number of hydrogen-bond donors (Lipinski definition) is 1. The van der Waals surface area contributed by atoms with E-state index in [0.717, 1.165) is 35.6 Å². The van der Waals surface area contributed by atoms with Gasteiger partial charge in [0.15, 0.2) is 0 Å². The highest BCUT2D eigenvalue weighted by atomic mass is 16.4. The first-order chi connectivity index (χ1) is 10.1. The number of aromatic carboxylic acids is 1. The maximum atomic E-state index is 11.2. The first-order valence-electron chi connectivity index (χ1n) is 7.84. The number of nitrogens with zero attached hydrogens (tertiary/aromatic N) is 2. The van der Waals surface area contributed by atoms with Gasteiger partial charge in [0.2, 0.25) is 0 Å². The van der Waals surface area contributed by atoms with Crippen LogP contribution in [-0.2, 0) is 6.42 Å². The van der Waals surface area contributed by atoms with Crippen molar-refractivity contribution in [3.05, 3.63) is 29.6 Å². The number of rotatable bonds is 3. The number of hydrogen-bond acceptors (Lipinski definition) is 2. The summed E-state index contributed by atoms with van der Waals surface area (Å²) >= 11 is 0. The molecule has 1 heterocycles. The molecular formula is C17H22N2O2. The highest BCUT2D eigenvalue weighted by Gasteiger charge is 2.24. The zero-order chi connectivity index (χ0) is 15.0. The first-order valence-corrected chi connectivity index (χ1v) is 7.84. The van der Waals surface area contributed by atoms with Crippen LogP contribution < -0.4 is 0 Å². The van der Waals surface area contributed by atoms with Gasteiger partial charge in [0, 0.05) is 12.5 Å². The molecule has 4 heteroatoms. The maximum absolute atomic E-state index is 11.2. The van der Waals surface area contributed by atoms with E-state index in [1.807, 2.05) is 6.07 Å². The largest absolute Gasteiger partial charge is 0.478 e. The zero-order valence-corrected chi connectivity index (χ0v) is 12.7. The second-order valence-corrected chi connectivity index (χ2v) is 6.19. The highest BCUT2D eigenvalue weighted by Crippen LogP contribution is 2.35. The second-order valence-electron chi connectivity index (χ2n) is 6.19. The average Bonchev–Trinajstić information content (AvgIpc) is 2.84. The summed E-state index contributed by atoms with van der Waals surface area (Å²) in [6, 6.07) is 5.71. The lowest BCUT2D eigenvalue weighted by Gasteiger charge is -2.29. The number of carboxylic acids is 1. The summed E-state index contributed by atoms with van der Waals surface area (Å²) in [5.74, 6) is 0.930. The molecule has 0 radical (unpaired) electrons. The van der Waals surface area contributed by atoms with E-state index >= 15 is 0 Å². The van der Waals surface area contributed by atoms with Gasteiger partial charge in [-0.05, 0) is 37.0 Å². The number of aryl methyl sites for hydroxylation is 1. The molecule has 2 aromatic rings. The fourth-order valence-electron chi connectivity index (χ4n) is 3.57. The standard InChI is InChI=1S/C17H22N2O2/c1-3-16-18-14-8-7-12(17(20)21)10-15(14)19(16)13-6-4-5-11(2)9-13/h7-8,10-11,13H,3-6,9H2,1-2H3,(H,20,21). The minimum absolute atomic E-state index is 0.343. The van der Waals surface area contributed by atoms with E-state index in [-0.39, 0.29) is 0 Å². The average molecular weight is 286 g/mol. The lowest BCUT2D eigenvalue weighted by atomic mass is 9.86. The molecule has 21 heavy (non-hydrogen) atoms. The quantitative estimate of drug-likeness (QED) is 0.926. The van der Waals surface area contributed by atoms with Gasteiger partial charge in [0.25, 0.3) is 0 Å². The van der Waals surface area contributed by atoms with Crippen LogP contribution in [0.4, 0.5) is 0 Å². The Hall–Kier alpha value is -1.84. The molecule has 1 aliphatic carbocycles. The smallest absolute Gasteiger partial charge is 0.335 e. The Balaban J connectivity index is 2.13. The number of imidazole rings is 1. The molecule has 0 aliphatic heterocycles. The molecule has 2 atom stereocenters. The molecule has 1 saturated carbocycles. The Labute approximate surface area is 124 Å². The van der Waals surface area contributed by atoms with E-state index in [0.29, 0.717) is 11.6 Å². The predicted octanol–water partition coefficient (Wildman–Crippen LogP) is 4.05. The van der Waals surface area contributed by atoms with E-state index < -0.39 is 5.97 Å². The van der Waals surface area contributed by atoms with Crippen LogP contribution in [0.3, 0.4) is 0 Å². The summed E-state index contributed by atoms with van der Waals surface area (Å²) in [7, 11) is 0. The van der Waals surface area contributed by atoms with Crippen molar-refractivity contribution in [2.75, 3.05) is 0 Å². The van der Waals surface area contributed by atoms with Crippen molar-refractivity contribution < 1.29 is 9.90 Å². The first kappa shape index (κ1) is 14.1. The molecule has 112 valence electrons. The van der Waals surface area contributed by atoms with Crippen LogP contribution in [-0.4, -0.2) is 20.6 Å². The van der Waals surface area contributed by atoms with Crippen molar-refractivity contribution in [1.82, 2.24) is 9.55 Å². The van der Waals surface area contributed by atoms with Gasteiger partial charge in [-0.1, -0.05) is 26.7 Å².